The summed E-state index contributed by atoms with van der Waals surface area (Å²) in [6, 6.07) is 0.320. The van der Waals surface area contributed by atoms with E-state index >= 15 is 0 Å². The number of hydrogen-bond acceptors (Lipinski definition) is 3. The van der Waals surface area contributed by atoms with Crippen molar-refractivity contribution in [2.45, 2.75) is 71.4 Å². The van der Waals surface area contributed by atoms with E-state index in [4.69, 9.17) is 11.5 Å². The van der Waals surface area contributed by atoms with Crippen LogP contribution in [0.4, 0.5) is 0 Å². The van der Waals surface area contributed by atoms with Gasteiger partial charge in [0.05, 0.1) is 0 Å². The van der Waals surface area contributed by atoms with E-state index in [1.165, 1.54) is 25.7 Å². The first-order chi connectivity index (χ1) is 8.22. The second-order valence-electron chi connectivity index (χ2n) is 7.44. The molecule has 0 aromatic heterocycles. The Kier molecular flexibility index (Phi) is 5.63. The zero-order valence-corrected chi connectivity index (χ0v) is 12.8. The maximum Gasteiger partial charge on any atom is 0.0120 e. The van der Waals surface area contributed by atoms with Crippen LogP contribution in [0.5, 0.6) is 0 Å². The minimum atomic E-state index is -0.0467. The van der Waals surface area contributed by atoms with Crippen LogP contribution in [0.2, 0.25) is 0 Å². The van der Waals surface area contributed by atoms with Crippen molar-refractivity contribution in [1.29, 1.82) is 0 Å². The average molecular weight is 255 g/mol. The van der Waals surface area contributed by atoms with Gasteiger partial charge in [0.2, 0.25) is 0 Å². The number of piperidine rings is 1. The maximum absolute atomic E-state index is 6.52. The van der Waals surface area contributed by atoms with Crippen molar-refractivity contribution in [2.24, 2.45) is 22.8 Å². The van der Waals surface area contributed by atoms with Gasteiger partial charge in [-0.2, -0.15) is 0 Å². The van der Waals surface area contributed by atoms with E-state index < -0.39 is 0 Å². The van der Waals surface area contributed by atoms with Crippen LogP contribution in [-0.2, 0) is 0 Å². The third-order valence-corrected chi connectivity index (χ3v) is 4.44. The summed E-state index contributed by atoms with van der Waals surface area (Å²) in [6.45, 7) is 11.1. The topological polar surface area (TPSA) is 64.1 Å². The van der Waals surface area contributed by atoms with Gasteiger partial charge in [-0.05, 0) is 64.0 Å². The van der Waals surface area contributed by atoms with Gasteiger partial charge in [0.1, 0.15) is 0 Å². The maximum atomic E-state index is 6.52. The van der Waals surface area contributed by atoms with Crippen molar-refractivity contribution in [3.05, 3.63) is 0 Å². The van der Waals surface area contributed by atoms with E-state index in [-0.39, 0.29) is 11.0 Å². The van der Waals surface area contributed by atoms with E-state index in [0.717, 1.165) is 19.5 Å². The van der Waals surface area contributed by atoms with E-state index in [1.807, 2.05) is 0 Å². The normalized spacial score (nSPS) is 21.0. The molecule has 3 heteroatoms. The molecule has 108 valence electrons. The molecule has 18 heavy (non-hydrogen) atoms. The van der Waals surface area contributed by atoms with Gasteiger partial charge in [0.25, 0.3) is 0 Å². The van der Waals surface area contributed by atoms with Crippen LogP contribution in [-0.4, -0.2) is 24.7 Å². The highest BCUT2D eigenvalue weighted by Gasteiger charge is 2.33. The van der Waals surface area contributed by atoms with Crippen molar-refractivity contribution in [3.63, 3.8) is 0 Å². The first kappa shape index (κ1) is 15.9. The highest BCUT2D eigenvalue weighted by Crippen LogP contribution is 2.34. The molecule has 0 aliphatic carbocycles. The van der Waals surface area contributed by atoms with Crippen molar-refractivity contribution < 1.29 is 0 Å². The Morgan fingerprint density at radius 2 is 1.67 bits per heavy atom. The molecule has 1 aliphatic heterocycles. The molecule has 1 fully saturated rings. The van der Waals surface area contributed by atoms with E-state index in [9.17, 15) is 0 Å². The summed E-state index contributed by atoms with van der Waals surface area (Å²) in [5.41, 5.74) is 12.7. The lowest BCUT2D eigenvalue weighted by Gasteiger charge is -2.39. The zero-order chi connectivity index (χ0) is 13.8. The van der Waals surface area contributed by atoms with E-state index in [2.05, 4.69) is 33.0 Å². The highest BCUT2D eigenvalue weighted by molar-refractivity contribution is 4.89. The molecule has 0 radical (unpaired) electrons. The fraction of sp³-hybridized carbons (Fsp3) is 1.00. The van der Waals surface area contributed by atoms with Gasteiger partial charge < -0.3 is 16.8 Å². The molecule has 0 aromatic carbocycles. The summed E-state index contributed by atoms with van der Waals surface area (Å²) in [5, 5.41) is 3.41. The molecule has 5 N–H and O–H groups in total. The van der Waals surface area contributed by atoms with Crippen molar-refractivity contribution in [3.8, 4) is 0 Å². The van der Waals surface area contributed by atoms with Gasteiger partial charge in [-0.25, -0.2) is 0 Å². The molecule has 1 unspecified atom stereocenters. The largest absolute Gasteiger partial charge is 0.327 e. The zero-order valence-electron chi connectivity index (χ0n) is 12.8. The Labute approximate surface area is 113 Å². The van der Waals surface area contributed by atoms with Gasteiger partial charge in [-0.15, -0.1) is 0 Å². The van der Waals surface area contributed by atoms with Crippen LogP contribution < -0.4 is 16.8 Å². The fourth-order valence-corrected chi connectivity index (χ4v) is 3.01. The van der Waals surface area contributed by atoms with Crippen LogP contribution in [0.1, 0.15) is 59.8 Å². The summed E-state index contributed by atoms with van der Waals surface area (Å²) in [6.07, 6.45) is 5.89. The molecule has 0 saturated carbocycles. The van der Waals surface area contributed by atoms with Crippen molar-refractivity contribution in [2.75, 3.05) is 13.1 Å². The van der Waals surface area contributed by atoms with Gasteiger partial charge in [0.15, 0.2) is 0 Å². The van der Waals surface area contributed by atoms with E-state index in [0.29, 0.717) is 12.0 Å². The van der Waals surface area contributed by atoms with Gasteiger partial charge >= 0.3 is 0 Å². The smallest absolute Gasteiger partial charge is 0.0120 e. The molecule has 0 spiro atoms. The molecule has 1 atom stereocenters. The minimum absolute atomic E-state index is 0.0467. The second kappa shape index (κ2) is 6.36. The molecular weight excluding hydrogens is 222 g/mol. The summed E-state index contributed by atoms with van der Waals surface area (Å²) in [5.74, 6) is 0.687. The molecule has 1 rings (SSSR count). The van der Waals surface area contributed by atoms with Crippen molar-refractivity contribution >= 4 is 0 Å². The SMILES string of the molecule is CC(C)(N)CCCC(C)(C)C(N)C1CCNCC1. The Hall–Kier alpha value is -0.120. The Balaban J connectivity index is 2.40. The summed E-state index contributed by atoms with van der Waals surface area (Å²) >= 11 is 0. The number of hydrogen-bond donors (Lipinski definition) is 3. The van der Waals surface area contributed by atoms with Crippen LogP contribution in [0.15, 0.2) is 0 Å². The highest BCUT2D eigenvalue weighted by atomic mass is 14.9. The van der Waals surface area contributed by atoms with Gasteiger partial charge in [-0.3, -0.25) is 0 Å². The molecule has 0 amide bonds. The van der Waals surface area contributed by atoms with Gasteiger partial charge in [-0.1, -0.05) is 20.3 Å². The monoisotopic (exact) mass is 255 g/mol. The predicted molar refractivity (Wildman–Crippen MR) is 79.5 cm³/mol. The minimum Gasteiger partial charge on any atom is -0.327 e. The molecule has 1 heterocycles. The molecule has 3 nitrogen and oxygen atoms in total. The predicted octanol–water partition coefficient (Wildman–Crippen LogP) is 2.25. The lowest BCUT2D eigenvalue weighted by Crippen LogP contribution is -2.47. The molecule has 0 bridgehead atoms. The third-order valence-electron chi connectivity index (χ3n) is 4.44. The number of nitrogens with one attached hydrogen (secondary N) is 1. The van der Waals surface area contributed by atoms with E-state index in [1.54, 1.807) is 0 Å². The van der Waals surface area contributed by atoms with Crippen LogP contribution in [0.25, 0.3) is 0 Å². The quantitative estimate of drug-likeness (QED) is 0.682. The number of rotatable bonds is 6. The molecular formula is C15H33N3. The summed E-state index contributed by atoms with van der Waals surface area (Å²) in [4.78, 5) is 0. The summed E-state index contributed by atoms with van der Waals surface area (Å²) < 4.78 is 0. The van der Waals surface area contributed by atoms with Crippen LogP contribution in [0, 0.1) is 11.3 Å². The fourth-order valence-electron chi connectivity index (χ4n) is 3.01. The first-order valence-corrected chi connectivity index (χ1v) is 7.47. The van der Waals surface area contributed by atoms with Gasteiger partial charge in [0, 0.05) is 11.6 Å². The van der Waals surface area contributed by atoms with Crippen molar-refractivity contribution in [1.82, 2.24) is 5.32 Å². The number of nitrogens with two attached hydrogens (primary N) is 2. The Bertz CT molecular complexity index is 237. The Morgan fingerprint density at radius 1 is 1.11 bits per heavy atom. The molecule has 0 aromatic rings. The second-order valence-corrected chi connectivity index (χ2v) is 7.44. The molecule has 1 aliphatic rings. The summed E-state index contributed by atoms with van der Waals surface area (Å²) in [7, 11) is 0. The lowest BCUT2D eigenvalue weighted by molar-refractivity contribution is 0.164. The van der Waals surface area contributed by atoms with Crippen LogP contribution in [0.3, 0.4) is 0 Å². The first-order valence-electron chi connectivity index (χ1n) is 7.47. The lowest BCUT2D eigenvalue weighted by atomic mass is 9.71. The van der Waals surface area contributed by atoms with Crippen LogP contribution >= 0.6 is 0 Å². The molecule has 1 saturated heterocycles. The third kappa shape index (κ3) is 5.25. The average Bonchev–Trinajstić information content (AvgIpc) is 2.27. The Morgan fingerprint density at radius 3 is 2.17 bits per heavy atom. The standard InChI is InChI=1S/C15H33N3/c1-14(2,8-5-9-15(3,4)17)13(16)12-6-10-18-11-7-12/h12-13,18H,5-11,16-17H2,1-4H3.